The second-order valence-corrected chi connectivity index (χ2v) is 4.81. The molecule has 1 N–H and O–H groups in total. The molecule has 0 unspecified atom stereocenters. The highest BCUT2D eigenvalue weighted by Crippen LogP contribution is 2.16. The smallest absolute Gasteiger partial charge is 0.379 e. The van der Waals surface area contributed by atoms with Gasteiger partial charge in [-0.3, -0.25) is 0 Å². The number of alkyl halides is 4. The molecule has 23 heavy (non-hydrogen) atoms. The minimum atomic E-state index is -5.20. The largest absolute Gasteiger partial charge is 0.491 e. The second-order valence-electron chi connectivity index (χ2n) is 4.43. The van der Waals surface area contributed by atoms with Crippen LogP contribution in [-0.2, 0) is 19.0 Å². The summed E-state index contributed by atoms with van der Waals surface area (Å²) < 4.78 is 49.2. The van der Waals surface area contributed by atoms with E-state index in [4.69, 9.17) is 21.1 Å². The first-order valence-electron chi connectivity index (χ1n) is 7.16. The van der Waals surface area contributed by atoms with E-state index in [0.717, 1.165) is 25.7 Å². The number of carbonyl (C=O) groups excluding carboxylic acids is 2. The Kier molecular flexibility index (Phi) is 12.8. The third-order valence-electron chi connectivity index (χ3n) is 2.48. The molecular weight excluding hydrogens is 343 g/mol. The summed E-state index contributed by atoms with van der Waals surface area (Å²) in [5.41, 5.74) is 0. The van der Waals surface area contributed by atoms with Crippen molar-refractivity contribution < 1.29 is 37.0 Å². The van der Waals surface area contributed by atoms with Gasteiger partial charge in [0.2, 0.25) is 0 Å². The Balaban J connectivity index is 3.33. The highest BCUT2D eigenvalue weighted by Gasteiger charge is 2.42. The molecule has 0 aromatic carbocycles. The fourth-order valence-corrected chi connectivity index (χ4v) is 1.57. The van der Waals surface area contributed by atoms with E-state index in [0.29, 0.717) is 25.7 Å². The Labute approximate surface area is 137 Å². The fraction of sp³-hybridized carbons (Fsp3) is 0.846. The van der Waals surface area contributed by atoms with Gasteiger partial charge in [0.1, 0.15) is 0 Å². The third-order valence-corrected chi connectivity index (χ3v) is 2.74. The van der Waals surface area contributed by atoms with Crippen LogP contribution in [0.1, 0.15) is 25.7 Å². The van der Waals surface area contributed by atoms with Crippen LogP contribution in [0.2, 0.25) is 0 Å². The van der Waals surface area contributed by atoms with Gasteiger partial charge in [0.05, 0.1) is 19.8 Å². The molecule has 0 radical (unpaired) electrons. The van der Waals surface area contributed by atoms with Crippen LogP contribution in [-0.4, -0.2) is 57.1 Å². The van der Waals surface area contributed by atoms with E-state index in [2.05, 4.69) is 4.74 Å². The van der Waals surface area contributed by atoms with Crippen molar-refractivity contribution in [2.45, 2.75) is 31.9 Å². The first-order valence-corrected chi connectivity index (χ1v) is 7.69. The van der Waals surface area contributed by atoms with Gasteiger partial charge < -0.3 is 19.5 Å². The molecule has 0 rings (SSSR count). The maximum Gasteiger partial charge on any atom is 0.491 e. The Hall–Kier alpha value is -1.06. The van der Waals surface area contributed by atoms with Gasteiger partial charge in [0.15, 0.2) is 0 Å². The lowest BCUT2D eigenvalue weighted by Gasteiger charge is -2.08. The van der Waals surface area contributed by atoms with Gasteiger partial charge in [-0.15, -0.1) is 11.6 Å². The van der Waals surface area contributed by atoms with E-state index in [1.165, 1.54) is 0 Å². The highest BCUT2D eigenvalue weighted by atomic mass is 35.5. The van der Waals surface area contributed by atoms with Crippen LogP contribution in [0.5, 0.6) is 0 Å². The maximum atomic E-state index is 11.8. The first-order chi connectivity index (χ1) is 10.9. The number of amides is 1. The molecule has 0 atom stereocenters. The van der Waals surface area contributed by atoms with Gasteiger partial charge in [-0.2, -0.15) is 13.2 Å². The summed E-state index contributed by atoms with van der Waals surface area (Å²) >= 11 is 5.54. The van der Waals surface area contributed by atoms with Crippen molar-refractivity contribution in [1.82, 2.24) is 5.32 Å². The highest BCUT2D eigenvalue weighted by molar-refractivity contribution is 6.17. The van der Waals surface area contributed by atoms with Crippen LogP contribution in [0.3, 0.4) is 0 Å². The number of hydrogen-bond donors (Lipinski definition) is 1. The first kappa shape index (κ1) is 21.9. The van der Waals surface area contributed by atoms with Crippen molar-refractivity contribution in [3.8, 4) is 0 Å². The van der Waals surface area contributed by atoms with E-state index < -0.39 is 18.2 Å². The SMILES string of the molecule is O=C(NCCOCCOCCCCCCCl)OC(=O)C(F)(F)F. The Morgan fingerprint density at radius 3 is 2.13 bits per heavy atom. The van der Waals surface area contributed by atoms with Crippen molar-refractivity contribution in [3.63, 3.8) is 0 Å². The van der Waals surface area contributed by atoms with Crippen LogP contribution in [0.4, 0.5) is 18.0 Å². The predicted octanol–water partition coefficient (Wildman–Crippen LogP) is 2.63. The van der Waals surface area contributed by atoms with Gasteiger partial charge in [-0.05, 0) is 12.8 Å². The molecule has 1 amide bonds. The lowest BCUT2D eigenvalue weighted by atomic mass is 10.2. The molecule has 0 saturated carbocycles. The molecule has 10 heteroatoms. The molecule has 0 aliphatic carbocycles. The average Bonchev–Trinajstić information content (AvgIpc) is 2.47. The molecule has 136 valence electrons. The van der Waals surface area contributed by atoms with Crippen LogP contribution in [0.15, 0.2) is 0 Å². The number of hydrogen-bond acceptors (Lipinski definition) is 5. The molecular formula is C13H21ClF3NO5. The molecule has 0 aromatic rings. The Morgan fingerprint density at radius 2 is 1.52 bits per heavy atom. The topological polar surface area (TPSA) is 73.9 Å². The lowest BCUT2D eigenvalue weighted by molar-refractivity contribution is -0.192. The number of rotatable bonds is 12. The van der Waals surface area contributed by atoms with E-state index in [1.54, 1.807) is 0 Å². The summed E-state index contributed by atoms with van der Waals surface area (Å²) in [6, 6.07) is 0. The molecule has 6 nitrogen and oxygen atoms in total. The van der Waals surface area contributed by atoms with Gasteiger partial charge in [0, 0.05) is 19.0 Å². The van der Waals surface area contributed by atoms with Crippen LogP contribution < -0.4 is 5.32 Å². The minimum Gasteiger partial charge on any atom is -0.379 e. The molecule has 0 spiro atoms. The zero-order chi connectivity index (χ0) is 17.6. The Bertz CT molecular complexity index is 342. The molecule has 0 bridgehead atoms. The summed E-state index contributed by atoms with van der Waals surface area (Å²) in [7, 11) is 0. The van der Waals surface area contributed by atoms with Crippen molar-refractivity contribution in [1.29, 1.82) is 0 Å². The van der Waals surface area contributed by atoms with Crippen LogP contribution >= 0.6 is 11.6 Å². The maximum absolute atomic E-state index is 11.8. The number of ether oxygens (including phenoxy) is 3. The summed E-state index contributed by atoms with van der Waals surface area (Å²) in [6.07, 6.45) is -2.61. The van der Waals surface area contributed by atoms with Crippen LogP contribution in [0.25, 0.3) is 0 Å². The fourth-order valence-electron chi connectivity index (χ4n) is 1.38. The second kappa shape index (κ2) is 13.4. The molecule has 0 heterocycles. The van der Waals surface area contributed by atoms with E-state index in [-0.39, 0.29) is 13.2 Å². The van der Waals surface area contributed by atoms with E-state index >= 15 is 0 Å². The predicted molar refractivity (Wildman–Crippen MR) is 76.4 cm³/mol. The van der Waals surface area contributed by atoms with Crippen molar-refractivity contribution in [2.24, 2.45) is 0 Å². The zero-order valence-electron chi connectivity index (χ0n) is 12.6. The van der Waals surface area contributed by atoms with Crippen molar-refractivity contribution in [3.05, 3.63) is 0 Å². The molecule has 0 aliphatic rings. The summed E-state index contributed by atoms with van der Waals surface area (Å²) in [6.45, 7) is 1.28. The monoisotopic (exact) mass is 363 g/mol. The lowest BCUT2D eigenvalue weighted by Crippen LogP contribution is -2.35. The molecule has 0 aromatic heterocycles. The number of alkyl carbamates (subject to hydrolysis) is 1. The van der Waals surface area contributed by atoms with E-state index in [1.807, 2.05) is 5.32 Å². The number of nitrogens with one attached hydrogen (secondary N) is 1. The van der Waals surface area contributed by atoms with Gasteiger partial charge in [0.25, 0.3) is 0 Å². The Morgan fingerprint density at radius 1 is 0.913 bits per heavy atom. The van der Waals surface area contributed by atoms with E-state index in [9.17, 15) is 22.8 Å². The quantitative estimate of drug-likeness (QED) is 0.250. The van der Waals surface area contributed by atoms with Crippen LogP contribution in [0, 0.1) is 0 Å². The summed E-state index contributed by atoms with van der Waals surface area (Å²) in [4.78, 5) is 21.2. The van der Waals surface area contributed by atoms with Gasteiger partial charge in [-0.1, -0.05) is 12.8 Å². The van der Waals surface area contributed by atoms with Gasteiger partial charge >= 0.3 is 18.2 Å². The zero-order valence-corrected chi connectivity index (χ0v) is 13.4. The van der Waals surface area contributed by atoms with Crippen molar-refractivity contribution >= 4 is 23.7 Å². The summed E-state index contributed by atoms with van der Waals surface area (Å²) in [5.74, 6) is -1.89. The number of halogens is 4. The minimum absolute atomic E-state index is 0.0639. The van der Waals surface area contributed by atoms with Crippen molar-refractivity contribution in [2.75, 3.05) is 38.9 Å². The number of carbonyl (C=O) groups is 2. The molecule has 0 fully saturated rings. The number of esters is 1. The molecule has 0 aliphatic heterocycles. The third kappa shape index (κ3) is 14.3. The molecule has 0 saturated heterocycles. The average molecular weight is 364 g/mol. The number of unbranched alkanes of at least 4 members (excludes halogenated alkanes) is 3. The summed E-state index contributed by atoms with van der Waals surface area (Å²) in [5, 5.41) is 1.96. The van der Waals surface area contributed by atoms with Gasteiger partial charge in [-0.25, -0.2) is 9.59 Å². The standard InChI is InChI=1S/C13H21ClF3NO5/c14-5-3-1-2-4-7-21-9-10-22-8-6-18-12(20)23-11(19)13(15,16)17/h1-10H2,(H,18,20). The normalized spacial score (nSPS) is 11.3.